The summed E-state index contributed by atoms with van der Waals surface area (Å²) >= 11 is 10.2. The van der Waals surface area contributed by atoms with Gasteiger partial charge in [-0.1, -0.05) is 34.1 Å². The molecule has 0 aromatic heterocycles. The number of anilines is 1. The number of alkyl halides is 1. The van der Waals surface area contributed by atoms with Gasteiger partial charge in [0.2, 0.25) is 5.91 Å². The van der Waals surface area contributed by atoms with Gasteiger partial charge in [0.1, 0.15) is 0 Å². The van der Waals surface area contributed by atoms with Crippen molar-refractivity contribution < 1.29 is 4.79 Å². The number of fused-ring (bicyclic) bond motifs is 1. The summed E-state index contributed by atoms with van der Waals surface area (Å²) in [5.41, 5.74) is 5.40. The van der Waals surface area contributed by atoms with E-state index in [1.807, 2.05) is 18.2 Å². The molecule has 1 atom stereocenters. The van der Waals surface area contributed by atoms with Crippen LogP contribution in [0.4, 0.5) is 5.69 Å². The molecule has 1 aliphatic rings. The lowest BCUT2D eigenvalue weighted by molar-refractivity contribution is -0.116. The summed E-state index contributed by atoms with van der Waals surface area (Å²) in [6.45, 7) is 2.07. The van der Waals surface area contributed by atoms with Gasteiger partial charge in [-0.25, -0.2) is 0 Å². The third kappa shape index (κ3) is 2.99. The Bertz CT molecular complexity index is 714. The first-order valence-electron chi connectivity index (χ1n) is 6.87. The Kier molecular flexibility index (Phi) is 4.05. The standard InChI is InChI=1S/C17H15BrClNO/c1-10-2-5-13(18)9-14(10)17(19)12-3-6-15-11(8-12)4-7-16(21)20-15/h2-3,5-6,8-9,17H,4,7H2,1H3,(H,20,21). The highest BCUT2D eigenvalue weighted by atomic mass is 79.9. The number of nitrogens with one attached hydrogen (secondary N) is 1. The summed E-state index contributed by atoms with van der Waals surface area (Å²) in [5.74, 6) is 0.0838. The van der Waals surface area contributed by atoms with E-state index in [9.17, 15) is 4.79 Å². The Morgan fingerprint density at radius 2 is 2.00 bits per heavy atom. The van der Waals surface area contributed by atoms with Crippen LogP contribution in [0.25, 0.3) is 0 Å². The molecule has 1 aliphatic heterocycles. The van der Waals surface area contributed by atoms with E-state index in [0.717, 1.165) is 33.3 Å². The van der Waals surface area contributed by atoms with Gasteiger partial charge in [0.25, 0.3) is 0 Å². The van der Waals surface area contributed by atoms with Crippen LogP contribution in [0, 0.1) is 6.92 Å². The van der Waals surface area contributed by atoms with Crippen LogP contribution in [0.5, 0.6) is 0 Å². The quantitative estimate of drug-likeness (QED) is 0.749. The Labute approximate surface area is 137 Å². The van der Waals surface area contributed by atoms with Gasteiger partial charge in [-0.3, -0.25) is 4.79 Å². The Balaban J connectivity index is 1.97. The number of halogens is 2. The summed E-state index contributed by atoms with van der Waals surface area (Å²) in [7, 11) is 0. The molecule has 4 heteroatoms. The van der Waals surface area contributed by atoms with Gasteiger partial charge in [0, 0.05) is 16.6 Å². The molecular weight excluding hydrogens is 350 g/mol. The summed E-state index contributed by atoms with van der Waals surface area (Å²) in [5, 5.41) is 2.71. The second-order valence-electron chi connectivity index (χ2n) is 5.33. The van der Waals surface area contributed by atoms with E-state index in [2.05, 4.69) is 46.4 Å². The molecule has 3 rings (SSSR count). The maximum atomic E-state index is 11.4. The Morgan fingerprint density at radius 1 is 1.19 bits per heavy atom. The third-order valence-corrected chi connectivity index (χ3v) is 4.81. The highest BCUT2D eigenvalue weighted by Crippen LogP contribution is 2.35. The second-order valence-corrected chi connectivity index (χ2v) is 6.68. The van der Waals surface area contributed by atoms with Crippen molar-refractivity contribution in [3.8, 4) is 0 Å². The molecule has 1 amide bonds. The summed E-state index contributed by atoms with van der Waals surface area (Å²) in [4.78, 5) is 11.4. The van der Waals surface area contributed by atoms with E-state index < -0.39 is 0 Å². The van der Waals surface area contributed by atoms with E-state index in [0.29, 0.717) is 6.42 Å². The zero-order valence-electron chi connectivity index (χ0n) is 11.6. The van der Waals surface area contributed by atoms with Gasteiger partial charge in [-0.15, -0.1) is 11.6 Å². The fourth-order valence-corrected chi connectivity index (χ4v) is 3.37. The molecule has 2 aromatic carbocycles. The number of hydrogen-bond donors (Lipinski definition) is 1. The second kappa shape index (κ2) is 5.82. The highest BCUT2D eigenvalue weighted by molar-refractivity contribution is 9.10. The largest absolute Gasteiger partial charge is 0.326 e. The van der Waals surface area contributed by atoms with Gasteiger partial charge in [0.15, 0.2) is 0 Å². The average Bonchev–Trinajstić information content (AvgIpc) is 2.48. The van der Waals surface area contributed by atoms with E-state index in [1.165, 1.54) is 5.56 Å². The van der Waals surface area contributed by atoms with Crippen LogP contribution in [0.15, 0.2) is 40.9 Å². The molecule has 21 heavy (non-hydrogen) atoms. The van der Waals surface area contributed by atoms with Gasteiger partial charge >= 0.3 is 0 Å². The number of carbonyl (C=O) groups excluding carboxylic acids is 1. The molecule has 0 fully saturated rings. The van der Waals surface area contributed by atoms with E-state index >= 15 is 0 Å². The maximum absolute atomic E-state index is 11.4. The van der Waals surface area contributed by atoms with Crippen LogP contribution < -0.4 is 5.32 Å². The zero-order chi connectivity index (χ0) is 15.0. The van der Waals surface area contributed by atoms with Crippen LogP contribution in [0.1, 0.15) is 34.1 Å². The highest BCUT2D eigenvalue weighted by Gasteiger charge is 2.19. The topological polar surface area (TPSA) is 29.1 Å². The van der Waals surface area contributed by atoms with Crippen molar-refractivity contribution in [3.63, 3.8) is 0 Å². The van der Waals surface area contributed by atoms with Crippen LogP contribution in [0.2, 0.25) is 0 Å². The number of benzene rings is 2. The predicted octanol–water partition coefficient (Wildman–Crippen LogP) is 4.97. The summed E-state index contributed by atoms with van der Waals surface area (Å²) in [6.07, 6.45) is 1.31. The first-order valence-corrected chi connectivity index (χ1v) is 8.10. The number of hydrogen-bond acceptors (Lipinski definition) is 1. The van der Waals surface area contributed by atoms with E-state index in [-0.39, 0.29) is 11.3 Å². The molecule has 1 unspecified atom stereocenters. The minimum absolute atomic E-state index is 0.0838. The van der Waals surface area contributed by atoms with Crippen molar-refractivity contribution in [2.75, 3.05) is 5.32 Å². The number of aryl methyl sites for hydroxylation is 2. The lowest BCUT2D eigenvalue weighted by atomic mass is 9.95. The predicted molar refractivity (Wildman–Crippen MR) is 90.0 cm³/mol. The minimum Gasteiger partial charge on any atom is -0.326 e. The molecule has 0 spiro atoms. The molecule has 1 N–H and O–H groups in total. The molecule has 2 aromatic rings. The van der Waals surface area contributed by atoms with Gasteiger partial charge in [0.05, 0.1) is 5.38 Å². The van der Waals surface area contributed by atoms with E-state index in [1.54, 1.807) is 0 Å². The van der Waals surface area contributed by atoms with Crippen LogP contribution in [0.3, 0.4) is 0 Å². The first-order chi connectivity index (χ1) is 10.0. The SMILES string of the molecule is Cc1ccc(Br)cc1C(Cl)c1ccc2c(c1)CCC(=O)N2. The van der Waals surface area contributed by atoms with Crippen molar-refractivity contribution in [1.82, 2.24) is 0 Å². The van der Waals surface area contributed by atoms with Crippen molar-refractivity contribution in [2.24, 2.45) is 0 Å². The van der Waals surface area contributed by atoms with Gasteiger partial charge in [-0.05, 0) is 53.8 Å². The fourth-order valence-electron chi connectivity index (χ4n) is 2.62. The number of rotatable bonds is 2. The lowest BCUT2D eigenvalue weighted by Crippen LogP contribution is -2.19. The summed E-state index contributed by atoms with van der Waals surface area (Å²) in [6, 6.07) is 12.2. The molecule has 0 radical (unpaired) electrons. The van der Waals surface area contributed by atoms with Crippen LogP contribution >= 0.6 is 27.5 Å². The molecular formula is C17H15BrClNO. The molecule has 0 bridgehead atoms. The number of amides is 1. The average molecular weight is 365 g/mol. The lowest BCUT2D eigenvalue weighted by Gasteiger charge is -2.20. The van der Waals surface area contributed by atoms with Gasteiger partial charge < -0.3 is 5.32 Å². The third-order valence-electron chi connectivity index (χ3n) is 3.83. The maximum Gasteiger partial charge on any atom is 0.224 e. The van der Waals surface area contributed by atoms with Crippen molar-refractivity contribution >= 4 is 39.1 Å². The fraction of sp³-hybridized carbons (Fsp3) is 0.235. The van der Waals surface area contributed by atoms with Crippen molar-refractivity contribution in [2.45, 2.75) is 25.1 Å². The molecule has 1 heterocycles. The van der Waals surface area contributed by atoms with Crippen molar-refractivity contribution in [3.05, 3.63) is 63.1 Å². The molecule has 0 saturated carbocycles. The molecule has 108 valence electrons. The monoisotopic (exact) mass is 363 g/mol. The van der Waals surface area contributed by atoms with Crippen LogP contribution in [-0.2, 0) is 11.2 Å². The van der Waals surface area contributed by atoms with E-state index in [4.69, 9.17) is 11.6 Å². The zero-order valence-corrected chi connectivity index (χ0v) is 14.0. The number of carbonyl (C=O) groups is 1. The summed E-state index contributed by atoms with van der Waals surface area (Å²) < 4.78 is 1.03. The van der Waals surface area contributed by atoms with Crippen LogP contribution in [-0.4, -0.2) is 5.91 Å². The molecule has 0 aliphatic carbocycles. The molecule has 2 nitrogen and oxygen atoms in total. The Morgan fingerprint density at radius 3 is 2.81 bits per heavy atom. The smallest absolute Gasteiger partial charge is 0.224 e. The van der Waals surface area contributed by atoms with Crippen molar-refractivity contribution in [1.29, 1.82) is 0 Å². The minimum atomic E-state index is -0.189. The normalized spacial score (nSPS) is 15.3. The van der Waals surface area contributed by atoms with Gasteiger partial charge in [-0.2, -0.15) is 0 Å². The first kappa shape index (κ1) is 14.6. The molecule has 0 saturated heterocycles. The Hall–Kier alpha value is -1.32.